The number of imidazole rings is 1. The highest BCUT2D eigenvalue weighted by Crippen LogP contribution is 2.45. The molecule has 3 aromatic heterocycles. The van der Waals surface area contributed by atoms with Gasteiger partial charge in [-0.1, -0.05) is 42.5 Å². The zero-order valence-electron chi connectivity index (χ0n) is 24.8. The highest BCUT2D eigenvalue weighted by Gasteiger charge is 2.39. The van der Waals surface area contributed by atoms with Crippen LogP contribution in [0.2, 0.25) is 0 Å². The van der Waals surface area contributed by atoms with Crippen LogP contribution >= 0.6 is 0 Å². The first kappa shape index (κ1) is 27.4. The molecule has 1 spiro atoms. The number of aryl methyl sites for hydroxylation is 2. The van der Waals surface area contributed by atoms with Crippen LogP contribution < -0.4 is 15.3 Å². The van der Waals surface area contributed by atoms with Crippen molar-refractivity contribution in [2.75, 3.05) is 24.6 Å². The second-order valence-corrected chi connectivity index (χ2v) is 12.0. The summed E-state index contributed by atoms with van der Waals surface area (Å²) in [6.45, 7) is 6.93. The van der Waals surface area contributed by atoms with Crippen molar-refractivity contribution in [3.05, 3.63) is 112 Å². The molecule has 1 unspecified atom stereocenters. The predicted octanol–water partition coefficient (Wildman–Crippen LogP) is 6.44. The van der Waals surface area contributed by atoms with Gasteiger partial charge in [-0.3, -0.25) is 9.55 Å². The molecule has 2 fully saturated rings. The van der Waals surface area contributed by atoms with E-state index in [1.54, 1.807) is 4.57 Å². The standard InChI is InChI=1S/C35H37N5O3/c1-24-11-13-27(21-36-24)31-15-16-35(23-43-31)17-19-39(20-18-35)28-9-6-10-29-32(28)38-34(41)40(29)30-14-12-25(2)37-33(30)42-22-26-7-4-3-5-8-26/h3-14,21,31H,15-20,22-23H2,1-2H3,(H,38,41). The van der Waals surface area contributed by atoms with Crippen LogP contribution in [0.1, 0.15) is 54.3 Å². The lowest BCUT2D eigenvalue weighted by Crippen LogP contribution is -2.44. The fraction of sp³-hybridized carbons (Fsp3) is 0.343. The zero-order chi connectivity index (χ0) is 29.4. The van der Waals surface area contributed by atoms with E-state index in [4.69, 9.17) is 9.47 Å². The van der Waals surface area contributed by atoms with Gasteiger partial charge in [-0.2, -0.15) is 0 Å². The average Bonchev–Trinajstić information content (AvgIpc) is 3.37. The van der Waals surface area contributed by atoms with Crippen LogP contribution in [0, 0.1) is 19.3 Å². The Morgan fingerprint density at radius 2 is 1.74 bits per heavy atom. The number of nitrogens with zero attached hydrogens (tertiary/aromatic N) is 4. The van der Waals surface area contributed by atoms with Gasteiger partial charge in [0.05, 0.1) is 29.4 Å². The molecule has 8 heteroatoms. The lowest BCUT2D eigenvalue weighted by atomic mass is 9.73. The number of para-hydroxylation sites is 1. The summed E-state index contributed by atoms with van der Waals surface area (Å²) < 4.78 is 14.3. The second-order valence-electron chi connectivity index (χ2n) is 12.0. The Morgan fingerprint density at radius 1 is 0.930 bits per heavy atom. The average molecular weight is 576 g/mol. The minimum absolute atomic E-state index is 0.133. The first-order valence-corrected chi connectivity index (χ1v) is 15.2. The van der Waals surface area contributed by atoms with Crippen molar-refractivity contribution in [2.45, 2.75) is 52.2 Å². The van der Waals surface area contributed by atoms with Crippen LogP contribution in [0.4, 0.5) is 5.69 Å². The monoisotopic (exact) mass is 575 g/mol. The number of benzene rings is 2. The number of pyridine rings is 2. The van der Waals surface area contributed by atoms with Gasteiger partial charge in [0.25, 0.3) is 0 Å². The molecular weight excluding hydrogens is 538 g/mol. The van der Waals surface area contributed by atoms with Crippen molar-refractivity contribution < 1.29 is 9.47 Å². The molecule has 0 saturated carbocycles. The van der Waals surface area contributed by atoms with E-state index >= 15 is 0 Å². The molecule has 2 aliphatic heterocycles. The third-order valence-corrected chi connectivity index (χ3v) is 9.13. The van der Waals surface area contributed by atoms with Crippen molar-refractivity contribution >= 4 is 16.7 Å². The largest absolute Gasteiger partial charge is 0.471 e. The van der Waals surface area contributed by atoms with Gasteiger partial charge < -0.3 is 19.4 Å². The van der Waals surface area contributed by atoms with Gasteiger partial charge in [0.1, 0.15) is 12.3 Å². The molecule has 1 atom stereocenters. The molecule has 220 valence electrons. The summed E-state index contributed by atoms with van der Waals surface area (Å²) >= 11 is 0. The lowest BCUT2D eigenvalue weighted by molar-refractivity contribution is -0.0740. The van der Waals surface area contributed by atoms with E-state index in [-0.39, 0.29) is 17.2 Å². The summed E-state index contributed by atoms with van der Waals surface area (Å²) in [5.41, 5.74) is 7.41. The molecule has 2 saturated heterocycles. The van der Waals surface area contributed by atoms with Gasteiger partial charge in [0.2, 0.25) is 5.88 Å². The Hall–Kier alpha value is -4.43. The van der Waals surface area contributed by atoms with E-state index in [2.05, 4.69) is 38.1 Å². The molecule has 5 heterocycles. The zero-order valence-corrected chi connectivity index (χ0v) is 24.8. The normalized spacial score (nSPS) is 18.3. The maximum Gasteiger partial charge on any atom is 0.331 e. The van der Waals surface area contributed by atoms with Crippen molar-refractivity contribution in [1.82, 2.24) is 19.5 Å². The fourth-order valence-electron chi connectivity index (χ4n) is 6.56. The first-order valence-electron chi connectivity index (χ1n) is 15.2. The van der Waals surface area contributed by atoms with Crippen LogP contribution in [-0.2, 0) is 11.3 Å². The van der Waals surface area contributed by atoms with E-state index < -0.39 is 0 Å². The summed E-state index contributed by atoms with van der Waals surface area (Å²) in [6.07, 6.45) is 6.39. The Balaban J connectivity index is 1.10. The number of piperidine rings is 1. The van der Waals surface area contributed by atoms with E-state index in [0.29, 0.717) is 18.2 Å². The van der Waals surface area contributed by atoms with Crippen molar-refractivity contribution in [2.24, 2.45) is 5.41 Å². The smallest absolute Gasteiger partial charge is 0.331 e. The molecule has 1 N–H and O–H groups in total. The summed E-state index contributed by atoms with van der Waals surface area (Å²) in [5, 5.41) is 0. The number of anilines is 1. The van der Waals surface area contributed by atoms with Crippen LogP contribution in [0.15, 0.2) is 83.8 Å². The summed E-state index contributed by atoms with van der Waals surface area (Å²) in [6, 6.07) is 24.1. The van der Waals surface area contributed by atoms with Gasteiger partial charge in [0.15, 0.2) is 0 Å². The molecule has 0 radical (unpaired) electrons. The van der Waals surface area contributed by atoms with Crippen LogP contribution in [0.3, 0.4) is 0 Å². The SMILES string of the molecule is Cc1ccc(C2CCC3(CCN(c4cccc5c4[nH]c(=O)n5-c4ccc(C)nc4OCc4ccccc4)CC3)CO2)cn1. The maximum absolute atomic E-state index is 13.5. The molecule has 2 aliphatic rings. The number of aromatic amines is 1. The van der Waals surface area contributed by atoms with E-state index in [0.717, 1.165) is 79.1 Å². The van der Waals surface area contributed by atoms with E-state index in [9.17, 15) is 4.79 Å². The maximum atomic E-state index is 13.5. The van der Waals surface area contributed by atoms with Crippen molar-refractivity contribution in [1.29, 1.82) is 0 Å². The third kappa shape index (κ3) is 5.43. The Kier molecular flexibility index (Phi) is 7.23. The van der Waals surface area contributed by atoms with Gasteiger partial charge >= 0.3 is 5.69 Å². The predicted molar refractivity (Wildman–Crippen MR) is 168 cm³/mol. The Labute approximate surface area is 251 Å². The van der Waals surface area contributed by atoms with Crippen LogP contribution in [0.25, 0.3) is 16.7 Å². The van der Waals surface area contributed by atoms with E-state index in [1.165, 1.54) is 5.56 Å². The quantitative estimate of drug-likeness (QED) is 0.251. The number of aromatic nitrogens is 4. The minimum atomic E-state index is -0.205. The molecule has 2 aromatic carbocycles. The molecule has 8 nitrogen and oxygen atoms in total. The molecule has 0 amide bonds. The molecule has 0 bridgehead atoms. The molecule has 0 aliphatic carbocycles. The second kappa shape index (κ2) is 11.3. The fourth-order valence-corrected chi connectivity index (χ4v) is 6.56. The van der Waals surface area contributed by atoms with Crippen LogP contribution in [0.5, 0.6) is 5.88 Å². The number of hydrogen-bond donors (Lipinski definition) is 1. The lowest BCUT2D eigenvalue weighted by Gasteiger charge is -2.46. The number of fused-ring (bicyclic) bond motifs is 1. The number of ether oxygens (including phenoxy) is 2. The van der Waals surface area contributed by atoms with Gasteiger partial charge in [-0.25, -0.2) is 9.78 Å². The van der Waals surface area contributed by atoms with E-state index in [1.807, 2.05) is 74.6 Å². The molecule has 5 aromatic rings. The van der Waals surface area contributed by atoms with Gasteiger partial charge in [-0.15, -0.1) is 0 Å². The number of nitrogens with one attached hydrogen (secondary N) is 1. The molecule has 43 heavy (non-hydrogen) atoms. The van der Waals surface area contributed by atoms with Gasteiger partial charge in [0, 0.05) is 30.7 Å². The minimum Gasteiger partial charge on any atom is -0.471 e. The van der Waals surface area contributed by atoms with Crippen molar-refractivity contribution in [3.63, 3.8) is 0 Å². The third-order valence-electron chi connectivity index (χ3n) is 9.13. The summed E-state index contributed by atoms with van der Waals surface area (Å²) in [5.74, 6) is 0.439. The molecular formula is C35H37N5O3. The van der Waals surface area contributed by atoms with Crippen molar-refractivity contribution in [3.8, 4) is 11.6 Å². The first-order chi connectivity index (χ1) is 21.0. The summed E-state index contributed by atoms with van der Waals surface area (Å²) in [7, 11) is 0. The highest BCUT2D eigenvalue weighted by atomic mass is 16.5. The topological polar surface area (TPSA) is 85.3 Å². The molecule has 7 rings (SSSR count). The highest BCUT2D eigenvalue weighted by molar-refractivity contribution is 5.90. The summed E-state index contributed by atoms with van der Waals surface area (Å²) in [4.78, 5) is 28.2. The van der Waals surface area contributed by atoms with Gasteiger partial charge in [-0.05, 0) is 86.4 Å². The Morgan fingerprint density at radius 3 is 2.49 bits per heavy atom. The number of rotatable bonds is 6. The Bertz CT molecular complexity index is 1780. The van der Waals surface area contributed by atoms with Crippen LogP contribution in [-0.4, -0.2) is 39.2 Å². The number of H-pyrrole nitrogens is 1. The number of hydrogen-bond acceptors (Lipinski definition) is 6.